The number of rotatable bonds is 4. The summed E-state index contributed by atoms with van der Waals surface area (Å²) in [5.41, 5.74) is 2.88. The third kappa shape index (κ3) is 2.70. The Labute approximate surface area is 109 Å². The van der Waals surface area contributed by atoms with Crippen LogP contribution in [0.3, 0.4) is 0 Å². The van der Waals surface area contributed by atoms with Crippen LogP contribution in [0.2, 0.25) is 0 Å². The molecule has 0 bridgehead atoms. The van der Waals surface area contributed by atoms with Gasteiger partial charge in [-0.1, -0.05) is 6.07 Å². The number of nitrogens with zero attached hydrogens (tertiary/aromatic N) is 3. The van der Waals surface area contributed by atoms with Crippen molar-refractivity contribution in [3.8, 4) is 23.4 Å². The van der Waals surface area contributed by atoms with Crippen LogP contribution in [0.5, 0.6) is 17.4 Å². The number of nitrogens with one attached hydrogen (secondary N) is 1. The highest BCUT2D eigenvalue weighted by Crippen LogP contribution is 2.33. The van der Waals surface area contributed by atoms with Gasteiger partial charge in [-0.05, 0) is 18.2 Å². The standard InChI is InChI=1S/C12H11N5O2/c1-18-10-11(17-14)15-7-16-12(10)19-9-4-2-3-8(5-9)6-13/h2-5,7H,14H2,1H3,(H,15,16,17). The van der Waals surface area contributed by atoms with Crippen molar-refractivity contribution in [2.75, 3.05) is 12.5 Å². The first kappa shape index (κ1) is 12.6. The van der Waals surface area contributed by atoms with E-state index in [1.807, 2.05) is 6.07 Å². The van der Waals surface area contributed by atoms with Gasteiger partial charge in [-0.25, -0.2) is 10.8 Å². The van der Waals surface area contributed by atoms with E-state index >= 15 is 0 Å². The van der Waals surface area contributed by atoms with Gasteiger partial charge in [-0.3, -0.25) is 0 Å². The van der Waals surface area contributed by atoms with Crippen LogP contribution in [-0.4, -0.2) is 17.1 Å². The molecule has 19 heavy (non-hydrogen) atoms. The average molecular weight is 257 g/mol. The first-order valence-corrected chi connectivity index (χ1v) is 5.32. The van der Waals surface area contributed by atoms with Crippen LogP contribution in [0, 0.1) is 11.3 Å². The maximum absolute atomic E-state index is 8.83. The van der Waals surface area contributed by atoms with Crippen LogP contribution >= 0.6 is 0 Å². The predicted octanol–water partition coefficient (Wildman–Crippen LogP) is 1.43. The van der Waals surface area contributed by atoms with E-state index in [1.165, 1.54) is 13.4 Å². The van der Waals surface area contributed by atoms with Gasteiger partial charge >= 0.3 is 0 Å². The zero-order valence-corrected chi connectivity index (χ0v) is 10.1. The van der Waals surface area contributed by atoms with Gasteiger partial charge in [0, 0.05) is 0 Å². The SMILES string of the molecule is COc1c(NN)ncnc1Oc1cccc(C#N)c1. The molecule has 0 aliphatic heterocycles. The van der Waals surface area contributed by atoms with Crippen molar-refractivity contribution in [3.63, 3.8) is 0 Å². The quantitative estimate of drug-likeness (QED) is 0.630. The summed E-state index contributed by atoms with van der Waals surface area (Å²) < 4.78 is 10.7. The lowest BCUT2D eigenvalue weighted by Crippen LogP contribution is -2.10. The van der Waals surface area contributed by atoms with E-state index < -0.39 is 0 Å². The molecule has 1 aromatic carbocycles. The monoisotopic (exact) mass is 257 g/mol. The van der Waals surface area contributed by atoms with Crippen molar-refractivity contribution in [3.05, 3.63) is 36.2 Å². The van der Waals surface area contributed by atoms with Crippen molar-refractivity contribution in [1.29, 1.82) is 5.26 Å². The molecule has 96 valence electrons. The first-order valence-electron chi connectivity index (χ1n) is 5.32. The second kappa shape index (κ2) is 5.66. The lowest BCUT2D eigenvalue weighted by atomic mass is 10.2. The molecule has 0 amide bonds. The van der Waals surface area contributed by atoms with Gasteiger partial charge in [0.25, 0.3) is 5.88 Å². The molecule has 0 saturated carbocycles. The number of nitrogens with two attached hydrogens (primary N) is 1. The predicted molar refractivity (Wildman–Crippen MR) is 67.6 cm³/mol. The zero-order chi connectivity index (χ0) is 13.7. The van der Waals surface area contributed by atoms with Crippen LogP contribution in [0.1, 0.15) is 5.56 Å². The smallest absolute Gasteiger partial charge is 0.268 e. The summed E-state index contributed by atoms with van der Waals surface area (Å²) in [6, 6.07) is 8.72. The highest BCUT2D eigenvalue weighted by atomic mass is 16.5. The molecule has 7 heteroatoms. The van der Waals surface area contributed by atoms with Crippen molar-refractivity contribution < 1.29 is 9.47 Å². The molecule has 0 fully saturated rings. The van der Waals surface area contributed by atoms with E-state index in [0.29, 0.717) is 17.1 Å². The molecular weight excluding hydrogens is 246 g/mol. The molecule has 0 spiro atoms. The van der Waals surface area contributed by atoms with E-state index in [0.717, 1.165) is 0 Å². The lowest BCUT2D eigenvalue weighted by molar-refractivity contribution is 0.369. The molecule has 0 saturated heterocycles. The van der Waals surface area contributed by atoms with E-state index in [1.54, 1.807) is 24.3 Å². The summed E-state index contributed by atoms with van der Waals surface area (Å²) in [5, 5.41) is 8.83. The minimum Gasteiger partial charge on any atom is -0.489 e. The van der Waals surface area contributed by atoms with Crippen LogP contribution in [0.15, 0.2) is 30.6 Å². The molecule has 7 nitrogen and oxygen atoms in total. The van der Waals surface area contributed by atoms with Crippen LogP contribution in [-0.2, 0) is 0 Å². The molecule has 1 aromatic heterocycles. The van der Waals surface area contributed by atoms with Gasteiger partial charge in [0.15, 0.2) is 5.82 Å². The number of hydrogen-bond donors (Lipinski definition) is 2. The number of methoxy groups -OCH3 is 1. The minimum atomic E-state index is 0.209. The van der Waals surface area contributed by atoms with Crippen molar-refractivity contribution in [1.82, 2.24) is 9.97 Å². The third-order valence-electron chi connectivity index (χ3n) is 2.29. The number of hydrazine groups is 1. The summed E-state index contributed by atoms with van der Waals surface area (Å²) in [6.07, 6.45) is 1.29. The Balaban J connectivity index is 2.35. The van der Waals surface area contributed by atoms with Gasteiger partial charge in [-0.15, -0.1) is 0 Å². The van der Waals surface area contributed by atoms with Gasteiger partial charge in [0.2, 0.25) is 5.75 Å². The fourth-order valence-electron chi connectivity index (χ4n) is 1.46. The maximum atomic E-state index is 8.83. The second-order valence-electron chi connectivity index (χ2n) is 3.45. The van der Waals surface area contributed by atoms with Crippen molar-refractivity contribution in [2.24, 2.45) is 5.84 Å². The fourth-order valence-corrected chi connectivity index (χ4v) is 1.46. The van der Waals surface area contributed by atoms with Gasteiger partial charge < -0.3 is 14.9 Å². The Morgan fingerprint density at radius 2 is 2.21 bits per heavy atom. The Hall–Kier alpha value is -2.85. The minimum absolute atomic E-state index is 0.209. The van der Waals surface area contributed by atoms with Crippen LogP contribution in [0.4, 0.5) is 5.82 Å². The molecule has 2 rings (SSSR count). The molecule has 0 unspecified atom stereocenters. The Bertz CT molecular complexity index is 624. The molecule has 0 aliphatic rings. The molecule has 0 aliphatic carbocycles. The molecular formula is C12H11N5O2. The number of ether oxygens (including phenoxy) is 2. The summed E-state index contributed by atoms with van der Waals surface area (Å²) in [4.78, 5) is 7.87. The Morgan fingerprint density at radius 1 is 1.37 bits per heavy atom. The summed E-state index contributed by atoms with van der Waals surface area (Å²) in [7, 11) is 1.46. The van der Waals surface area contributed by atoms with Crippen LogP contribution < -0.4 is 20.7 Å². The number of nitrogen functional groups attached to an aromatic ring is 1. The lowest BCUT2D eigenvalue weighted by Gasteiger charge is -2.11. The molecule has 3 N–H and O–H groups in total. The Kier molecular flexibility index (Phi) is 3.75. The average Bonchev–Trinajstić information content (AvgIpc) is 2.47. The second-order valence-corrected chi connectivity index (χ2v) is 3.45. The first-order chi connectivity index (χ1) is 9.28. The summed E-state index contributed by atoms with van der Waals surface area (Å²) in [6.45, 7) is 0. The number of nitriles is 1. The van der Waals surface area contributed by atoms with Gasteiger partial charge in [0.1, 0.15) is 12.1 Å². The van der Waals surface area contributed by atoms with E-state index in [9.17, 15) is 0 Å². The normalized spacial score (nSPS) is 9.53. The fraction of sp³-hybridized carbons (Fsp3) is 0.0833. The highest BCUT2D eigenvalue weighted by Gasteiger charge is 2.13. The topological polar surface area (TPSA) is 106 Å². The Morgan fingerprint density at radius 3 is 2.89 bits per heavy atom. The van der Waals surface area contributed by atoms with E-state index in [-0.39, 0.29) is 11.6 Å². The molecule has 2 aromatic rings. The number of benzene rings is 1. The summed E-state index contributed by atoms with van der Waals surface area (Å²) >= 11 is 0. The van der Waals surface area contributed by atoms with E-state index in [2.05, 4.69) is 15.4 Å². The third-order valence-corrected chi connectivity index (χ3v) is 2.29. The van der Waals surface area contributed by atoms with Crippen molar-refractivity contribution >= 4 is 5.82 Å². The van der Waals surface area contributed by atoms with Gasteiger partial charge in [-0.2, -0.15) is 10.2 Å². The number of aromatic nitrogens is 2. The van der Waals surface area contributed by atoms with Gasteiger partial charge in [0.05, 0.1) is 18.7 Å². The largest absolute Gasteiger partial charge is 0.489 e. The van der Waals surface area contributed by atoms with Crippen molar-refractivity contribution in [2.45, 2.75) is 0 Å². The maximum Gasteiger partial charge on any atom is 0.268 e. The highest BCUT2D eigenvalue weighted by molar-refractivity contribution is 5.55. The number of anilines is 1. The number of hydrogen-bond acceptors (Lipinski definition) is 7. The summed E-state index contributed by atoms with van der Waals surface area (Å²) in [5.74, 6) is 6.59. The zero-order valence-electron chi connectivity index (χ0n) is 10.1. The molecule has 0 atom stereocenters. The molecule has 0 radical (unpaired) electrons. The van der Waals surface area contributed by atoms with E-state index in [4.69, 9.17) is 20.6 Å². The molecule has 1 heterocycles. The van der Waals surface area contributed by atoms with Crippen LogP contribution in [0.25, 0.3) is 0 Å².